The van der Waals surface area contributed by atoms with E-state index in [0.29, 0.717) is 0 Å². The second-order valence-corrected chi connectivity index (χ2v) is 4.75. The Morgan fingerprint density at radius 3 is 2.50 bits per heavy atom. The summed E-state index contributed by atoms with van der Waals surface area (Å²) in [6, 6.07) is 0. The molecule has 2 saturated heterocycles. The summed E-state index contributed by atoms with van der Waals surface area (Å²) in [4.78, 5) is 13.8. The van der Waals surface area contributed by atoms with Crippen molar-refractivity contribution in [3.8, 4) is 0 Å². The van der Waals surface area contributed by atoms with Crippen molar-refractivity contribution in [1.82, 2.24) is 10.2 Å². The minimum atomic E-state index is -0.101. The lowest BCUT2D eigenvalue weighted by atomic mass is 10.1. The van der Waals surface area contributed by atoms with Gasteiger partial charge in [-0.15, -0.1) is 0 Å². The van der Waals surface area contributed by atoms with Gasteiger partial charge in [-0.3, -0.25) is 0 Å². The standard InChI is InChI=1S/C12H22N2O2/c15-12(14-8-3-1-2-4-9-14)16-11-6-5-7-13-10-11/h11,13H,1-10H2. The predicted molar refractivity (Wildman–Crippen MR) is 62.4 cm³/mol. The van der Waals surface area contributed by atoms with Gasteiger partial charge in [-0.1, -0.05) is 12.8 Å². The van der Waals surface area contributed by atoms with E-state index in [2.05, 4.69) is 5.32 Å². The Hall–Kier alpha value is -0.770. The van der Waals surface area contributed by atoms with Crippen molar-refractivity contribution >= 4 is 6.09 Å². The molecule has 1 atom stereocenters. The van der Waals surface area contributed by atoms with Crippen LogP contribution in [0.15, 0.2) is 0 Å². The first-order valence-corrected chi connectivity index (χ1v) is 6.52. The molecule has 1 unspecified atom stereocenters. The Labute approximate surface area is 97.3 Å². The van der Waals surface area contributed by atoms with Crippen molar-refractivity contribution in [3.63, 3.8) is 0 Å². The summed E-state index contributed by atoms with van der Waals surface area (Å²) < 4.78 is 5.51. The van der Waals surface area contributed by atoms with E-state index in [1.165, 1.54) is 12.8 Å². The van der Waals surface area contributed by atoms with Crippen molar-refractivity contribution < 1.29 is 9.53 Å². The van der Waals surface area contributed by atoms with Gasteiger partial charge in [-0.25, -0.2) is 4.79 Å². The van der Waals surface area contributed by atoms with Crippen LogP contribution >= 0.6 is 0 Å². The van der Waals surface area contributed by atoms with Crippen LogP contribution in [-0.4, -0.2) is 43.3 Å². The van der Waals surface area contributed by atoms with Crippen LogP contribution in [0.1, 0.15) is 38.5 Å². The summed E-state index contributed by atoms with van der Waals surface area (Å²) >= 11 is 0. The molecule has 0 saturated carbocycles. The monoisotopic (exact) mass is 226 g/mol. The summed E-state index contributed by atoms with van der Waals surface area (Å²) in [5.41, 5.74) is 0. The minimum absolute atomic E-state index is 0.0875. The number of piperidine rings is 1. The van der Waals surface area contributed by atoms with Crippen LogP contribution in [0.4, 0.5) is 4.79 Å². The topological polar surface area (TPSA) is 41.6 Å². The van der Waals surface area contributed by atoms with Crippen LogP contribution in [0.5, 0.6) is 0 Å². The first-order chi connectivity index (χ1) is 7.86. The molecule has 2 heterocycles. The maximum Gasteiger partial charge on any atom is 0.410 e. The van der Waals surface area contributed by atoms with E-state index < -0.39 is 0 Å². The molecule has 0 aromatic heterocycles. The van der Waals surface area contributed by atoms with Gasteiger partial charge in [0.1, 0.15) is 6.10 Å². The lowest BCUT2D eigenvalue weighted by Crippen LogP contribution is -2.41. The fourth-order valence-electron chi connectivity index (χ4n) is 2.39. The molecule has 0 aromatic carbocycles. The Balaban J connectivity index is 1.76. The zero-order valence-corrected chi connectivity index (χ0v) is 9.91. The number of carbonyl (C=O) groups excluding carboxylic acids is 1. The van der Waals surface area contributed by atoms with Gasteiger partial charge in [0.05, 0.1) is 0 Å². The fraction of sp³-hybridized carbons (Fsp3) is 0.917. The van der Waals surface area contributed by atoms with E-state index in [9.17, 15) is 4.79 Å². The molecule has 2 rings (SSSR count). The maximum atomic E-state index is 11.9. The van der Waals surface area contributed by atoms with Gasteiger partial charge >= 0.3 is 6.09 Å². The van der Waals surface area contributed by atoms with Crippen LogP contribution in [0.3, 0.4) is 0 Å². The Morgan fingerprint density at radius 1 is 1.12 bits per heavy atom. The number of carbonyl (C=O) groups is 1. The normalized spacial score (nSPS) is 27.2. The third kappa shape index (κ3) is 3.37. The zero-order chi connectivity index (χ0) is 11.2. The quantitative estimate of drug-likeness (QED) is 0.740. The molecular formula is C12H22N2O2. The first-order valence-electron chi connectivity index (χ1n) is 6.52. The third-order valence-corrected chi connectivity index (χ3v) is 3.38. The average Bonchev–Trinajstić information content (AvgIpc) is 2.59. The molecule has 0 spiro atoms. The van der Waals surface area contributed by atoms with Gasteiger partial charge in [0.15, 0.2) is 0 Å². The number of nitrogens with zero attached hydrogens (tertiary/aromatic N) is 1. The summed E-state index contributed by atoms with van der Waals surface area (Å²) in [6.07, 6.45) is 6.84. The molecule has 1 amide bonds. The van der Waals surface area contributed by atoms with E-state index in [0.717, 1.165) is 51.9 Å². The highest BCUT2D eigenvalue weighted by molar-refractivity contribution is 5.67. The maximum absolute atomic E-state index is 11.9. The number of hydrogen-bond donors (Lipinski definition) is 1. The smallest absolute Gasteiger partial charge is 0.410 e. The van der Waals surface area contributed by atoms with Gasteiger partial charge < -0.3 is 15.0 Å². The van der Waals surface area contributed by atoms with Crippen LogP contribution in [0.25, 0.3) is 0 Å². The highest BCUT2D eigenvalue weighted by atomic mass is 16.6. The molecule has 4 nitrogen and oxygen atoms in total. The molecule has 2 aliphatic heterocycles. The van der Waals surface area contributed by atoms with Crippen LogP contribution in [0, 0.1) is 0 Å². The number of hydrogen-bond acceptors (Lipinski definition) is 3. The lowest BCUT2D eigenvalue weighted by molar-refractivity contribution is 0.0524. The van der Waals surface area contributed by atoms with Gasteiger partial charge in [0, 0.05) is 19.6 Å². The van der Waals surface area contributed by atoms with Gasteiger partial charge in [-0.05, 0) is 32.2 Å². The molecule has 0 radical (unpaired) electrons. The molecule has 16 heavy (non-hydrogen) atoms. The predicted octanol–water partition coefficient (Wildman–Crippen LogP) is 1.75. The van der Waals surface area contributed by atoms with E-state index in [1.54, 1.807) is 0 Å². The van der Waals surface area contributed by atoms with E-state index in [4.69, 9.17) is 4.74 Å². The van der Waals surface area contributed by atoms with E-state index >= 15 is 0 Å². The molecule has 2 aliphatic rings. The molecule has 1 N–H and O–H groups in total. The molecular weight excluding hydrogens is 204 g/mol. The van der Waals surface area contributed by atoms with Crippen molar-refractivity contribution in [2.75, 3.05) is 26.2 Å². The van der Waals surface area contributed by atoms with Crippen molar-refractivity contribution in [2.45, 2.75) is 44.6 Å². The van der Waals surface area contributed by atoms with Gasteiger partial charge in [-0.2, -0.15) is 0 Å². The average molecular weight is 226 g/mol. The third-order valence-electron chi connectivity index (χ3n) is 3.38. The fourth-order valence-corrected chi connectivity index (χ4v) is 2.39. The summed E-state index contributed by atoms with van der Waals surface area (Å²) in [5, 5.41) is 3.26. The second kappa shape index (κ2) is 6.09. The molecule has 2 fully saturated rings. The van der Waals surface area contributed by atoms with Crippen molar-refractivity contribution in [1.29, 1.82) is 0 Å². The van der Waals surface area contributed by atoms with Crippen LogP contribution < -0.4 is 5.32 Å². The van der Waals surface area contributed by atoms with Crippen LogP contribution in [0.2, 0.25) is 0 Å². The minimum Gasteiger partial charge on any atom is -0.445 e. The molecule has 0 aliphatic carbocycles. The Bertz CT molecular complexity index is 219. The number of ether oxygens (including phenoxy) is 1. The zero-order valence-electron chi connectivity index (χ0n) is 9.91. The van der Waals surface area contributed by atoms with E-state index in [1.807, 2.05) is 4.90 Å². The summed E-state index contributed by atoms with van der Waals surface area (Å²) in [6.45, 7) is 3.62. The molecule has 92 valence electrons. The highest BCUT2D eigenvalue weighted by Crippen LogP contribution is 2.13. The van der Waals surface area contributed by atoms with E-state index in [-0.39, 0.29) is 12.2 Å². The summed E-state index contributed by atoms with van der Waals surface area (Å²) in [5.74, 6) is 0. The van der Waals surface area contributed by atoms with Crippen LogP contribution in [-0.2, 0) is 4.74 Å². The number of nitrogens with one attached hydrogen (secondary N) is 1. The van der Waals surface area contributed by atoms with Crippen molar-refractivity contribution in [2.24, 2.45) is 0 Å². The number of rotatable bonds is 1. The van der Waals surface area contributed by atoms with Crippen molar-refractivity contribution in [3.05, 3.63) is 0 Å². The number of amides is 1. The first kappa shape index (κ1) is 11.7. The Kier molecular flexibility index (Phi) is 4.45. The van der Waals surface area contributed by atoms with Gasteiger partial charge in [0.25, 0.3) is 0 Å². The molecule has 0 bridgehead atoms. The van der Waals surface area contributed by atoms with Gasteiger partial charge in [0.2, 0.25) is 0 Å². The Morgan fingerprint density at radius 2 is 1.88 bits per heavy atom. The lowest BCUT2D eigenvalue weighted by Gasteiger charge is -2.27. The number of likely N-dealkylation sites (tertiary alicyclic amines) is 1. The summed E-state index contributed by atoms with van der Waals surface area (Å²) in [7, 11) is 0. The SMILES string of the molecule is O=C(OC1CCCNC1)N1CCCCCC1. The highest BCUT2D eigenvalue weighted by Gasteiger charge is 2.22. The molecule has 0 aromatic rings. The largest absolute Gasteiger partial charge is 0.445 e. The molecule has 4 heteroatoms. The second-order valence-electron chi connectivity index (χ2n) is 4.75.